The van der Waals surface area contributed by atoms with Crippen LogP contribution in [0.2, 0.25) is 18.1 Å². The molecular weight excluding hydrogens is 428 g/mol. The fourth-order valence-electron chi connectivity index (χ4n) is 2.85. The first kappa shape index (κ1) is 24.0. The van der Waals surface area contributed by atoms with E-state index < -0.39 is 20.0 Å². The molecule has 0 aliphatic carbocycles. The van der Waals surface area contributed by atoms with Crippen LogP contribution in [0.15, 0.2) is 16.9 Å². The molecule has 0 fully saturated rings. The van der Waals surface area contributed by atoms with Crippen molar-refractivity contribution < 1.29 is 14.4 Å². The molecule has 3 rings (SSSR count). The van der Waals surface area contributed by atoms with E-state index in [1.165, 1.54) is 4.68 Å². The summed E-state index contributed by atoms with van der Waals surface area (Å²) in [4.78, 5) is 23.6. The molecule has 0 radical (unpaired) electrons. The van der Waals surface area contributed by atoms with Crippen LogP contribution in [-0.2, 0) is 11.5 Å². The molecule has 1 N–H and O–H groups in total. The highest BCUT2D eigenvalue weighted by molar-refractivity contribution is 6.74. The van der Waals surface area contributed by atoms with Crippen molar-refractivity contribution in [1.29, 1.82) is 0 Å². The summed E-state index contributed by atoms with van der Waals surface area (Å²) in [5, 5.41) is 21.8. The quantitative estimate of drug-likeness (QED) is 0.532. The minimum atomic E-state index is -2.01. The summed E-state index contributed by atoms with van der Waals surface area (Å²) >= 11 is 0. The molecule has 0 bridgehead atoms. The number of hydrogen-bond acceptors (Lipinski definition) is 8. The van der Waals surface area contributed by atoms with Gasteiger partial charge in [0.15, 0.2) is 14.0 Å². The Morgan fingerprint density at radius 3 is 2.41 bits per heavy atom. The molecule has 0 amide bonds. The smallest absolute Gasteiger partial charge is 0.313 e. The summed E-state index contributed by atoms with van der Waals surface area (Å²) in [6.45, 7) is 14.6. The first-order valence-corrected chi connectivity index (χ1v) is 13.4. The van der Waals surface area contributed by atoms with Crippen LogP contribution in [-0.4, -0.2) is 62.7 Å². The van der Waals surface area contributed by atoms with Crippen LogP contribution in [0, 0.1) is 13.8 Å². The second kappa shape index (κ2) is 8.72. The number of fused-ring (bicyclic) bond motifs is 1. The van der Waals surface area contributed by atoms with Crippen molar-refractivity contribution in [1.82, 2.24) is 29.9 Å². The lowest BCUT2D eigenvalue weighted by Crippen LogP contribution is -2.44. The summed E-state index contributed by atoms with van der Waals surface area (Å²) in [7, 11) is -0.382. The van der Waals surface area contributed by atoms with Gasteiger partial charge in [-0.2, -0.15) is 0 Å². The topological polar surface area (TPSA) is 117 Å². The molecule has 1 atom stereocenters. The van der Waals surface area contributed by atoms with Crippen LogP contribution < -0.4 is 10.4 Å². The molecule has 0 spiro atoms. The molecule has 11 heteroatoms. The Balaban J connectivity index is 1.93. The number of aliphatic hydroxyl groups excluding tert-OH is 1. The maximum absolute atomic E-state index is 13.3. The molecule has 0 saturated heterocycles. The number of nitrogens with zero attached hydrogens (tertiary/aromatic N) is 6. The number of hydrogen-bond donors (Lipinski definition) is 1. The number of aryl methyl sites for hydroxylation is 3. The molecule has 10 nitrogen and oxygen atoms in total. The number of aromatic nitrogens is 6. The molecule has 1 aromatic carbocycles. The van der Waals surface area contributed by atoms with Gasteiger partial charge in [0.1, 0.15) is 18.2 Å². The van der Waals surface area contributed by atoms with Crippen molar-refractivity contribution in [2.45, 2.75) is 58.9 Å². The molecule has 0 aliphatic heterocycles. The fraction of sp³-hybridized carbons (Fsp3) is 0.571. The van der Waals surface area contributed by atoms with Crippen molar-refractivity contribution in [2.75, 3.05) is 13.2 Å². The van der Waals surface area contributed by atoms with Crippen molar-refractivity contribution in [3.8, 4) is 11.5 Å². The predicted molar refractivity (Wildman–Crippen MR) is 124 cm³/mol. The van der Waals surface area contributed by atoms with Gasteiger partial charge in [0, 0.05) is 7.05 Å². The number of benzene rings is 1. The number of aliphatic hydroxyl groups is 1. The normalized spacial score (nSPS) is 13.5. The van der Waals surface area contributed by atoms with Crippen molar-refractivity contribution >= 4 is 19.4 Å². The zero-order valence-corrected chi connectivity index (χ0v) is 21.0. The molecule has 3 aromatic rings. The maximum atomic E-state index is 13.3. The van der Waals surface area contributed by atoms with E-state index in [0.29, 0.717) is 11.0 Å². The number of tetrazole rings is 1. The number of rotatable bonds is 7. The zero-order chi connectivity index (χ0) is 23.8. The Morgan fingerprint density at radius 2 is 1.81 bits per heavy atom. The summed E-state index contributed by atoms with van der Waals surface area (Å²) in [5.74, 6) is 0.231. The maximum Gasteiger partial charge on any atom is 0.313 e. The monoisotopic (exact) mass is 460 g/mol. The lowest BCUT2D eigenvalue weighted by molar-refractivity contribution is 0.00298. The van der Waals surface area contributed by atoms with Gasteiger partial charge in [0.05, 0.1) is 12.1 Å². The highest BCUT2D eigenvalue weighted by atomic mass is 28.4. The van der Waals surface area contributed by atoms with E-state index in [2.05, 4.69) is 54.4 Å². The zero-order valence-electron chi connectivity index (χ0n) is 20.0. The molecular formula is C21H32N6O4Si. The highest BCUT2D eigenvalue weighted by Gasteiger charge is 2.37. The highest BCUT2D eigenvalue weighted by Crippen LogP contribution is 2.36. The average Bonchev–Trinajstić information content (AvgIpc) is 3.11. The van der Waals surface area contributed by atoms with Gasteiger partial charge < -0.3 is 14.4 Å². The lowest BCUT2D eigenvalue weighted by Gasteiger charge is -2.36. The Morgan fingerprint density at radius 1 is 1.16 bits per heavy atom. The van der Waals surface area contributed by atoms with Crippen LogP contribution >= 0.6 is 0 Å². The van der Waals surface area contributed by atoms with E-state index in [9.17, 15) is 9.90 Å². The Hall–Kier alpha value is -2.63. The van der Waals surface area contributed by atoms with Gasteiger partial charge in [-0.1, -0.05) is 20.8 Å². The second-order valence-corrected chi connectivity index (χ2v) is 14.4. The van der Waals surface area contributed by atoms with E-state index in [1.54, 1.807) is 7.05 Å². The average molecular weight is 461 g/mol. The SMILES string of the molecule is Cc1cc2nc(-c3nnnn3C)c(=O)n(OCC(O)CO[Si](C)(C)C(C)(C)C)c2cc1C. The largest absolute Gasteiger partial charge is 0.414 e. The molecule has 32 heavy (non-hydrogen) atoms. The van der Waals surface area contributed by atoms with Gasteiger partial charge in [-0.05, 0) is 65.7 Å². The van der Waals surface area contributed by atoms with Crippen LogP contribution in [0.25, 0.3) is 22.6 Å². The molecule has 2 heterocycles. The standard InChI is InChI=1S/C21H32N6O4Si/c1-13-9-16-17(10-14(13)2)27(20(29)18(22-16)19-23-24-25-26(19)6)30-11-15(28)12-31-32(7,8)21(3,4)5/h9-10,15,28H,11-12H2,1-8H3. The minimum absolute atomic E-state index is 0.0280. The van der Waals surface area contributed by atoms with Gasteiger partial charge in [0.2, 0.25) is 5.82 Å². The summed E-state index contributed by atoms with van der Waals surface area (Å²) < 4.78 is 8.61. The molecule has 0 saturated carbocycles. The molecule has 1 unspecified atom stereocenters. The molecule has 2 aromatic heterocycles. The molecule has 0 aliphatic rings. The van der Waals surface area contributed by atoms with Gasteiger partial charge in [0.25, 0.3) is 0 Å². The van der Waals surface area contributed by atoms with Crippen molar-refractivity contribution in [2.24, 2.45) is 7.05 Å². The third-order valence-corrected chi connectivity index (χ3v) is 10.6. The second-order valence-electron chi connectivity index (χ2n) is 9.63. The first-order valence-electron chi connectivity index (χ1n) is 10.5. The third kappa shape index (κ3) is 4.74. The van der Waals surface area contributed by atoms with E-state index in [1.807, 2.05) is 26.0 Å². The van der Waals surface area contributed by atoms with Gasteiger partial charge >= 0.3 is 5.56 Å². The summed E-state index contributed by atoms with van der Waals surface area (Å²) in [6.07, 6.45) is -0.897. The van der Waals surface area contributed by atoms with Gasteiger partial charge in [-0.15, -0.1) is 9.83 Å². The van der Waals surface area contributed by atoms with Crippen molar-refractivity contribution in [3.05, 3.63) is 33.6 Å². The minimum Gasteiger partial charge on any atom is -0.414 e. The van der Waals surface area contributed by atoms with E-state index in [0.717, 1.165) is 15.9 Å². The fourth-order valence-corrected chi connectivity index (χ4v) is 3.89. The predicted octanol–water partition coefficient (Wildman–Crippen LogP) is 2.02. The Kier molecular flexibility index (Phi) is 6.54. The Bertz CT molecular complexity index is 1180. The van der Waals surface area contributed by atoms with Gasteiger partial charge in [-0.25, -0.2) is 9.67 Å². The summed E-state index contributed by atoms with van der Waals surface area (Å²) in [5.41, 5.74) is 2.66. The van der Waals surface area contributed by atoms with Gasteiger partial charge in [-0.3, -0.25) is 4.79 Å². The van der Waals surface area contributed by atoms with Crippen LogP contribution in [0.5, 0.6) is 0 Å². The van der Waals surface area contributed by atoms with Crippen LogP contribution in [0.4, 0.5) is 0 Å². The molecule has 174 valence electrons. The van der Waals surface area contributed by atoms with Crippen molar-refractivity contribution in [3.63, 3.8) is 0 Å². The van der Waals surface area contributed by atoms with E-state index in [-0.39, 0.29) is 29.8 Å². The lowest BCUT2D eigenvalue weighted by atomic mass is 10.1. The van der Waals surface area contributed by atoms with E-state index >= 15 is 0 Å². The van der Waals surface area contributed by atoms with Crippen LogP contribution in [0.3, 0.4) is 0 Å². The third-order valence-electron chi connectivity index (χ3n) is 6.10. The first-order chi connectivity index (χ1) is 14.8. The van der Waals surface area contributed by atoms with E-state index in [4.69, 9.17) is 9.26 Å². The van der Waals surface area contributed by atoms with Crippen LogP contribution in [0.1, 0.15) is 31.9 Å². The Labute approximate surface area is 188 Å². The summed E-state index contributed by atoms with van der Waals surface area (Å²) in [6, 6.07) is 3.73.